The predicted octanol–water partition coefficient (Wildman–Crippen LogP) is 2.76. The summed E-state index contributed by atoms with van der Waals surface area (Å²) in [5.74, 6) is 0.426. The van der Waals surface area contributed by atoms with E-state index >= 15 is 0 Å². The van der Waals surface area contributed by atoms with E-state index in [1.165, 1.54) is 6.07 Å². The van der Waals surface area contributed by atoms with Crippen molar-refractivity contribution in [2.45, 2.75) is 32.4 Å². The molecular weight excluding hydrogens is 314 g/mol. The largest absolute Gasteiger partial charge is 0.375 e. The maximum Gasteiger partial charge on any atom is 0.312 e. The lowest BCUT2D eigenvalue weighted by Crippen LogP contribution is -2.49. The van der Waals surface area contributed by atoms with Gasteiger partial charge in [0.1, 0.15) is 0 Å². The molecular formula is C12H16BrN3O3. The fraction of sp³-hybridized carbons (Fsp3) is 0.583. The molecule has 0 amide bonds. The average Bonchev–Trinajstić information content (AvgIpc) is 2.38. The fourth-order valence-corrected chi connectivity index (χ4v) is 2.54. The van der Waals surface area contributed by atoms with Gasteiger partial charge in [-0.2, -0.15) is 0 Å². The van der Waals surface area contributed by atoms with Crippen molar-refractivity contribution in [3.63, 3.8) is 0 Å². The summed E-state index contributed by atoms with van der Waals surface area (Å²) in [6, 6.07) is 1.62. The summed E-state index contributed by atoms with van der Waals surface area (Å²) in [5, 5.41) is 11.2. The standard InChI is InChI=1S/C12H16BrN3O3/c1-3-10-7-19-8(2)6-15(10)12-11(16(17)18)4-9(13)5-14-12/h4-5,8,10H,3,6-7H2,1-2H3. The summed E-state index contributed by atoms with van der Waals surface area (Å²) >= 11 is 3.22. The highest BCUT2D eigenvalue weighted by Crippen LogP contribution is 2.32. The van der Waals surface area contributed by atoms with Gasteiger partial charge >= 0.3 is 5.69 Å². The van der Waals surface area contributed by atoms with Crippen LogP contribution in [0.1, 0.15) is 20.3 Å². The van der Waals surface area contributed by atoms with Crippen LogP contribution in [0.3, 0.4) is 0 Å². The predicted molar refractivity (Wildman–Crippen MR) is 75.4 cm³/mol. The van der Waals surface area contributed by atoms with Gasteiger partial charge in [-0.15, -0.1) is 0 Å². The first kappa shape index (κ1) is 14.2. The minimum Gasteiger partial charge on any atom is -0.375 e. The lowest BCUT2D eigenvalue weighted by Gasteiger charge is -2.38. The van der Waals surface area contributed by atoms with Crippen LogP contribution in [0.25, 0.3) is 0 Å². The number of nitro groups is 1. The lowest BCUT2D eigenvalue weighted by molar-refractivity contribution is -0.384. The quantitative estimate of drug-likeness (QED) is 0.630. The van der Waals surface area contributed by atoms with Crippen LogP contribution in [-0.4, -0.2) is 35.2 Å². The van der Waals surface area contributed by atoms with Crippen LogP contribution < -0.4 is 4.90 Å². The van der Waals surface area contributed by atoms with Gasteiger partial charge in [0, 0.05) is 23.3 Å². The summed E-state index contributed by atoms with van der Waals surface area (Å²) in [5.41, 5.74) is 0.0296. The van der Waals surface area contributed by atoms with E-state index in [-0.39, 0.29) is 22.8 Å². The Morgan fingerprint density at radius 3 is 3.05 bits per heavy atom. The molecule has 0 radical (unpaired) electrons. The number of anilines is 1. The second-order valence-corrected chi connectivity index (χ2v) is 5.53. The fourth-order valence-electron chi connectivity index (χ4n) is 2.22. The Balaban J connectivity index is 2.40. The summed E-state index contributed by atoms with van der Waals surface area (Å²) in [6.45, 7) is 5.20. The van der Waals surface area contributed by atoms with E-state index in [1.54, 1.807) is 6.20 Å². The Hall–Kier alpha value is -1.21. The average molecular weight is 330 g/mol. The van der Waals surface area contributed by atoms with Gasteiger partial charge in [0.2, 0.25) is 5.82 Å². The van der Waals surface area contributed by atoms with Crippen molar-refractivity contribution >= 4 is 27.4 Å². The molecule has 1 saturated heterocycles. The third-order valence-corrected chi connectivity index (χ3v) is 3.66. The SMILES string of the molecule is CCC1COC(C)CN1c1ncc(Br)cc1[N+](=O)[O-]. The number of halogens is 1. The summed E-state index contributed by atoms with van der Waals surface area (Å²) in [6.07, 6.45) is 2.50. The Morgan fingerprint density at radius 2 is 2.42 bits per heavy atom. The van der Waals surface area contributed by atoms with E-state index < -0.39 is 0 Å². The van der Waals surface area contributed by atoms with Crippen molar-refractivity contribution in [3.05, 3.63) is 26.9 Å². The molecule has 1 fully saturated rings. The smallest absolute Gasteiger partial charge is 0.312 e. The molecule has 7 heteroatoms. The van der Waals surface area contributed by atoms with Gasteiger partial charge in [0.05, 0.1) is 23.7 Å². The number of ether oxygens (including phenoxy) is 1. The van der Waals surface area contributed by atoms with E-state index in [4.69, 9.17) is 4.74 Å². The van der Waals surface area contributed by atoms with Gasteiger partial charge in [-0.05, 0) is 29.3 Å². The highest BCUT2D eigenvalue weighted by Gasteiger charge is 2.31. The highest BCUT2D eigenvalue weighted by atomic mass is 79.9. The third-order valence-electron chi connectivity index (χ3n) is 3.22. The molecule has 2 rings (SSSR count). The van der Waals surface area contributed by atoms with Crippen LogP contribution in [0.4, 0.5) is 11.5 Å². The van der Waals surface area contributed by atoms with E-state index in [2.05, 4.69) is 20.9 Å². The number of nitrogens with zero attached hydrogens (tertiary/aromatic N) is 3. The van der Waals surface area contributed by atoms with Crippen molar-refractivity contribution in [1.29, 1.82) is 0 Å². The number of hydrogen-bond donors (Lipinski definition) is 0. The zero-order chi connectivity index (χ0) is 14.0. The van der Waals surface area contributed by atoms with Gasteiger partial charge in [-0.3, -0.25) is 10.1 Å². The first-order chi connectivity index (χ1) is 9.02. The van der Waals surface area contributed by atoms with E-state index in [1.807, 2.05) is 18.7 Å². The molecule has 104 valence electrons. The molecule has 0 spiro atoms. The first-order valence-electron chi connectivity index (χ1n) is 6.21. The highest BCUT2D eigenvalue weighted by molar-refractivity contribution is 9.10. The van der Waals surface area contributed by atoms with Gasteiger partial charge in [-0.25, -0.2) is 4.98 Å². The molecule has 1 aliphatic heterocycles. The Kier molecular flexibility index (Phi) is 4.36. The minimum absolute atomic E-state index is 0.0296. The van der Waals surface area contributed by atoms with Crippen molar-refractivity contribution < 1.29 is 9.66 Å². The van der Waals surface area contributed by atoms with Gasteiger partial charge in [0.25, 0.3) is 0 Å². The molecule has 19 heavy (non-hydrogen) atoms. The first-order valence-corrected chi connectivity index (χ1v) is 7.00. The Labute approximate surface area is 120 Å². The van der Waals surface area contributed by atoms with Crippen molar-refractivity contribution in [2.75, 3.05) is 18.1 Å². The van der Waals surface area contributed by atoms with Gasteiger partial charge < -0.3 is 9.64 Å². The summed E-state index contributed by atoms with van der Waals surface area (Å²) < 4.78 is 6.22. The Morgan fingerprint density at radius 1 is 1.68 bits per heavy atom. The van der Waals surface area contributed by atoms with Crippen molar-refractivity contribution in [3.8, 4) is 0 Å². The number of pyridine rings is 1. The van der Waals surface area contributed by atoms with Crippen molar-refractivity contribution in [1.82, 2.24) is 4.98 Å². The molecule has 1 aromatic heterocycles. The second kappa shape index (κ2) is 5.83. The molecule has 1 aliphatic rings. The molecule has 1 aromatic rings. The normalized spacial score (nSPS) is 23.4. The zero-order valence-electron chi connectivity index (χ0n) is 10.9. The van der Waals surface area contributed by atoms with E-state index in [9.17, 15) is 10.1 Å². The van der Waals surface area contributed by atoms with Crippen LogP contribution in [0.5, 0.6) is 0 Å². The van der Waals surface area contributed by atoms with E-state index in [0.29, 0.717) is 23.4 Å². The monoisotopic (exact) mass is 329 g/mol. The maximum absolute atomic E-state index is 11.2. The minimum atomic E-state index is -0.389. The van der Waals surface area contributed by atoms with Crippen LogP contribution in [0.15, 0.2) is 16.7 Å². The topological polar surface area (TPSA) is 68.5 Å². The summed E-state index contributed by atoms with van der Waals surface area (Å²) in [4.78, 5) is 17.0. The second-order valence-electron chi connectivity index (χ2n) is 4.61. The third kappa shape index (κ3) is 3.03. The van der Waals surface area contributed by atoms with Crippen LogP contribution in [0.2, 0.25) is 0 Å². The van der Waals surface area contributed by atoms with Crippen LogP contribution >= 0.6 is 15.9 Å². The molecule has 0 aromatic carbocycles. The molecule has 2 unspecified atom stereocenters. The maximum atomic E-state index is 11.2. The van der Waals surface area contributed by atoms with E-state index in [0.717, 1.165) is 6.42 Å². The van der Waals surface area contributed by atoms with Crippen molar-refractivity contribution in [2.24, 2.45) is 0 Å². The molecule has 6 nitrogen and oxygen atoms in total. The van der Waals surface area contributed by atoms with Gasteiger partial charge in [-0.1, -0.05) is 6.92 Å². The van der Waals surface area contributed by atoms with Crippen LogP contribution in [0, 0.1) is 10.1 Å². The zero-order valence-corrected chi connectivity index (χ0v) is 12.5. The molecule has 0 N–H and O–H groups in total. The van der Waals surface area contributed by atoms with Crippen LogP contribution in [-0.2, 0) is 4.74 Å². The van der Waals surface area contributed by atoms with Gasteiger partial charge in [0.15, 0.2) is 0 Å². The number of rotatable bonds is 3. The Bertz CT molecular complexity index is 483. The number of aromatic nitrogens is 1. The molecule has 0 saturated carbocycles. The molecule has 0 aliphatic carbocycles. The summed E-state index contributed by atoms with van der Waals surface area (Å²) in [7, 11) is 0. The molecule has 2 heterocycles. The molecule has 0 bridgehead atoms. The number of hydrogen-bond acceptors (Lipinski definition) is 5. The molecule has 2 atom stereocenters. The number of morpholine rings is 1. The lowest BCUT2D eigenvalue weighted by atomic mass is 10.1.